The van der Waals surface area contributed by atoms with Gasteiger partial charge in [-0.05, 0) is 93.1 Å². The third-order valence-corrected chi connectivity index (χ3v) is 13.7. The number of nitrogens with one attached hydrogen (secondary N) is 1. The van der Waals surface area contributed by atoms with Gasteiger partial charge in [0.05, 0.1) is 11.1 Å². The molecule has 0 saturated carbocycles. The van der Waals surface area contributed by atoms with E-state index in [4.69, 9.17) is 0 Å². The van der Waals surface area contributed by atoms with Crippen molar-refractivity contribution in [2.24, 2.45) is 0 Å². The number of thiophene rings is 1. The molecule has 2 aliphatic heterocycles. The maximum atomic E-state index is 3.93. The number of rotatable bonds is 5. The van der Waals surface area contributed by atoms with Crippen LogP contribution in [0.3, 0.4) is 0 Å². The molecule has 0 spiro atoms. The molecule has 278 valence electrons. The number of benzene rings is 8. The largest absolute Gasteiger partial charge is 0.355 e. The fourth-order valence-corrected chi connectivity index (χ4v) is 11.2. The van der Waals surface area contributed by atoms with Crippen LogP contribution in [0.25, 0.3) is 31.3 Å². The predicted octanol–water partition coefficient (Wildman–Crippen LogP) is 12.9. The SMILES string of the molecule is Cc1cc(-c2c(Nc3ccc(C(C)(C)C)cc3)ccc3c2sc2ccccc23)c2c(c1)N1c3ccccc3C(c3ccccc3)(c3ccccc3)c3cccc(c31)B2. The molecule has 11 rings (SSSR count). The Morgan fingerprint density at radius 2 is 1.28 bits per heavy atom. The average Bonchev–Trinajstić information content (AvgIpc) is 3.63. The third kappa shape index (κ3) is 5.18. The molecule has 0 saturated heterocycles. The zero-order valence-electron chi connectivity index (χ0n) is 33.3. The Labute approximate surface area is 345 Å². The summed E-state index contributed by atoms with van der Waals surface area (Å²) in [6, 6.07) is 65.8. The minimum atomic E-state index is -0.493. The van der Waals surface area contributed by atoms with E-state index in [9.17, 15) is 0 Å². The summed E-state index contributed by atoms with van der Waals surface area (Å²) in [7, 11) is 0.827. The zero-order valence-corrected chi connectivity index (χ0v) is 34.1. The van der Waals surface area contributed by atoms with Crippen LogP contribution >= 0.6 is 11.3 Å². The standard InChI is InChI=1S/C54H43BN2S/c1-34-32-41(49-45(56-38-28-26-35(27-29-38)53(2,3)4)31-30-40-39-20-11-14-25-48(39)58-52(40)49)50-47(33-34)57-46-24-13-12-21-42(46)54(36-16-7-5-8-17-36,37-18-9-6-10-19-37)43-22-15-23-44(55-50)51(43)57/h5-33,55-56H,1-4H3. The Hall–Kier alpha value is -6.36. The number of hydrogen-bond acceptors (Lipinski definition) is 3. The third-order valence-electron chi connectivity index (χ3n) is 12.5. The predicted molar refractivity (Wildman–Crippen MR) is 251 cm³/mol. The molecule has 1 aromatic heterocycles. The second-order valence-corrected chi connectivity index (χ2v) is 18.1. The summed E-state index contributed by atoms with van der Waals surface area (Å²) in [4.78, 5) is 2.60. The average molecular weight is 763 g/mol. The molecular formula is C54H43BN2S. The Bertz CT molecular complexity index is 3010. The van der Waals surface area contributed by atoms with Gasteiger partial charge in [0.1, 0.15) is 0 Å². The summed E-state index contributed by atoms with van der Waals surface area (Å²) in [5.74, 6) is 0. The van der Waals surface area contributed by atoms with Crippen molar-refractivity contribution in [3.05, 3.63) is 209 Å². The van der Waals surface area contributed by atoms with Crippen LogP contribution < -0.4 is 21.1 Å². The van der Waals surface area contributed by atoms with Gasteiger partial charge in [-0.2, -0.15) is 0 Å². The van der Waals surface area contributed by atoms with Crippen molar-refractivity contribution in [2.45, 2.75) is 38.5 Å². The van der Waals surface area contributed by atoms with E-state index in [0.29, 0.717) is 0 Å². The zero-order chi connectivity index (χ0) is 39.2. The van der Waals surface area contributed by atoms with Gasteiger partial charge < -0.3 is 10.2 Å². The Kier molecular flexibility index (Phi) is 7.87. The number of anilines is 5. The first kappa shape index (κ1) is 34.9. The van der Waals surface area contributed by atoms with Crippen molar-refractivity contribution in [3.63, 3.8) is 0 Å². The summed E-state index contributed by atoms with van der Waals surface area (Å²) >= 11 is 1.91. The van der Waals surface area contributed by atoms with Crippen LogP contribution in [0.4, 0.5) is 28.4 Å². The molecule has 0 aliphatic carbocycles. The first-order valence-corrected chi connectivity index (χ1v) is 21.2. The number of fused-ring (bicyclic) bond motifs is 7. The van der Waals surface area contributed by atoms with Crippen molar-refractivity contribution in [1.82, 2.24) is 0 Å². The van der Waals surface area contributed by atoms with Crippen LogP contribution in [0.2, 0.25) is 0 Å². The summed E-state index contributed by atoms with van der Waals surface area (Å²) in [6.45, 7) is 9.08. The molecule has 3 heterocycles. The molecule has 8 aromatic carbocycles. The fourth-order valence-electron chi connectivity index (χ4n) is 9.93. The Balaban J connectivity index is 1.18. The molecule has 58 heavy (non-hydrogen) atoms. The minimum Gasteiger partial charge on any atom is -0.355 e. The highest BCUT2D eigenvalue weighted by Gasteiger charge is 2.48. The van der Waals surface area contributed by atoms with E-state index in [-0.39, 0.29) is 5.41 Å². The minimum absolute atomic E-state index is 0.0887. The van der Waals surface area contributed by atoms with Crippen LogP contribution in [-0.4, -0.2) is 7.28 Å². The molecule has 2 aliphatic rings. The summed E-state index contributed by atoms with van der Waals surface area (Å²) in [5, 5.41) is 6.55. The molecule has 9 aromatic rings. The van der Waals surface area contributed by atoms with Gasteiger partial charge in [-0.25, -0.2) is 0 Å². The van der Waals surface area contributed by atoms with Crippen molar-refractivity contribution < 1.29 is 0 Å². The van der Waals surface area contributed by atoms with Crippen molar-refractivity contribution in [2.75, 3.05) is 10.2 Å². The van der Waals surface area contributed by atoms with Crippen molar-refractivity contribution >= 4 is 78.2 Å². The molecule has 0 radical (unpaired) electrons. The van der Waals surface area contributed by atoms with Gasteiger partial charge in [0.15, 0.2) is 7.28 Å². The monoisotopic (exact) mass is 762 g/mol. The number of nitrogens with zero attached hydrogens (tertiary/aromatic N) is 1. The van der Waals surface area contributed by atoms with Gasteiger partial charge in [-0.15, -0.1) is 11.3 Å². The molecular weight excluding hydrogens is 719 g/mol. The second-order valence-electron chi connectivity index (χ2n) is 17.1. The maximum absolute atomic E-state index is 3.93. The lowest BCUT2D eigenvalue weighted by Gasteiger charge is -2.49. The van der Waals surface area contributed by atoms with E-state index in [1.165, 1.54) is 92.7 Å². The normalized spacial score (nSPS) is 13.8. The lowest BCUT2D eigenvalue weighted by molar-refractivity contribution is 0.590. The van der Waals surface area contributed by atoms with Crippen molar-refractivity contribution in [1.29, 1.82) is 0 Å². The number of para-hydroxylation sites is 2. The molecule has 1 N–H and O–H groups in total. The smallest absolute Gasteiger partial charge is 0.198 e. The summed E-state index contributed by atoms with van der Waals surface area (Å²) in [5.41, 5.74) is 18.6. The van der Waals surface area contributed by atoms with Crippen LogP contribution in [-0.2, 0) is 10.8 Å². The van der Waals surface area contributed by atoms with Gasteiger partial charge in [-0.1, -0.05) is 166 Å². The van der Waals surface area contributed by atoms with Gasteiger partial charge in [0.2, 0.25) is 0 Å². The first-order chi connectivity index (χ1) is 28.3. The molecule has 2 nitrogen and oxygen atoms in total. The van der Waals surface area contributed by atoms with Crippen LogP contribution in [0.15, 0.2) is 176 Å². The highest BCUT2D eigenvalue weighted by molar-refractivity contribution is 7.26. The molecule has 0 fully saturated rings. The Morgan fingerprint density at radius 1 is 0.603 bits per heavy atom. The van der Waals surface area contributed by atoms with Crippen LogP contribution in [0, 0.1) is 6.92 Å². The number of aryl methyl sites for hydroxylation is 1. The first-order valence-electron chi connectivity index (χ1n) is 20.4. The van der Waals surface area contributed by atoms with E-state index in [0.717, 1.165) is 18.7 Å². The van der Waals surface area contributed by atoms with Gasteiger partial charge >= 0.3 is 0 Å². The molecule has 0 amide bonds. The number of hydrogen-bond donors (Lipinski definition) is 1. The topological polar surface area (TPSA) is 15.3 Å². The van der Waals surface area contributed by atoms with E-state index in [1.54, 1.807) is 0 Å². The Morgan fingerprint density at radius 3 is 2.02 bits per heavy atom. The quantitative estimate of drug-likeness (QED) is 0.176. The summed E-state index contributed by atoms with van der Waals surface area (Å²) < 4.78 is 2.63. The maximum Gasteiger partial charge on any atom is 0.198 e. The van der Waals surface area contributed by atoms with Crippen LogP contribution in [0.1, 0.15) is 54.2 Å². The highest BCUT2D eigenvalue weighted by Crippen LogP contribution is 2.58. The molecule has 0 atom stereocenters. The van der Waals surface area contributed by atoms with Crippen LogP contribution in [0.5, 0.6) is 0 Å². The molecule has 0 bridgehead atoms. The van der Waals surface area contributed by atoms with Crippen molar-refractivity contribution in [3.8, 4) is 11.1 Å². The highest BCUT2D eigenvalue weighted by atomic mass is 32.1. The van der Waals surface area contributed by atoms with Gasteiger partial charge in [0.25, 0.3) is 0 Å². The van der Waals surface area contributed by atoms with E-state index in [1.807, 2.05) is 11.3 Å². The molecule has 0 unspecified atom stereocenters. The van der Waals surface area contributed by atoms with E-state index >= 15 is 0 Å². The van der Waals surface area contributed by atoms with Gasteiger partial charge in [-0.3, -0.25) is 0 Å². The fraction of sp³-hybridized carbons (Fsp3) is 0.111. The lowest BCUT2D eigenvalue weighted by atomic mass is 9.54. The van der Waals surface area contributed by atoms with Gasteiger partial charge in [0, 0.05) is 48.5 Å². The van der Waals surface area contributed by atoms with E-state index in [2.05, 4.69) is 214 Å². The second kappa shape index (κ2) is 13.1. The summed E-state index contributed by atoms with van der Waals surface area (Å²) in [6.07, 6.45) is 0. The lowest BCUT2D eigenvalue weighted by Crippen LogP contribution is -2.47. The molecule has 4 heteroatoms. The van der Waals surface area contributed by atoms with E-state index < -0.39 is 5.41 Å².